The van der Waals surface area contributed by atoms with Crippen molar-refractivity contribution in [2.24, 2.45) is 0 Å². The molecule has 0 atom stereocenters. The lowest BCUT2D eigenvalue weighted by atomic mass is 10.0. The molecule has 3 aromatic rings. The monoisotopic (exact) mass is 398 g/mol. The van der Waals surface area contributed by atoms with Crippen LogP contribution in [0.25, 0.3) is 22.1 Å². The van der Waals surface area contributed by atoms with Gasteiger partial charge >= 0.3 is 0 Å². The number of benzene rings is 2. The summed E-state index contributed by atoms with van der Waals surface area (Å²) in [5.41, 5.74) is 2.54. The molecule has 28 heavy (non-hydrogen) atoms. The number of likely N-dealkylation sites (N-methyl/N-ethyl adjacent to an activating group) is 1. The van der Waals surface area contributed by atoms with Gasteiger partial charge in [0, 0.05) is 43.8 Å². The minimum Gasteiger partial charge on any atom is -0.508 e. The number of hydrogen-bond donors (Lipinski definition) is 1. The van der Waals surface area contributed by atoms with Crippen LogP contribution in [0.3, 0.4) is 0 Å². The highest BCUT2D eigenvalue weighted by Crippen LogP contribution is 2.27. The predicted molar refractivity (Wildman–Crippen MR) is 112 cm³/mol. The second-order valence-electron chi connectivity index (χ2n) is 7.18. The van der Waals surface area contributed by atoms with Gasteiger partial charge in [-0.1, -0.05) is 24.6 Å². The third kappa shape index (κ3) is 3.78. The van der Waals surface area contributed by atoms with Gasteiger partial charge in [0.05, 0.1) is 10.9 Å². The Kier molecular flexibility index (Phi) is 5.40. The lowest BCUT2D eigenvalue weighted by Crippen LogP contribution is -2.45. The van der Waals surface area contributed by atoms with Crippen LogP contribution in [0.4, 0.5) is 0 Å². The van der Waals surface area contributed by atoms with Crippen molar-refractivity contribution in [2.45, 2.75) is 13.5 Å². The first-order chi connectivity index (χ1) is 13.5. The van der Waals surface area contributed by atoms with E-state index in [1.54, 1.807) is 6.07 Å². The zero-order valence-electron chi connectivity index (χ0n) is 15.8. The summed E-state index contributed by atoms with van der Waals surface area (Å²) in [7, 11) is 0. The maximum absolute atomic E-state index is 12.9. The van der Waals surface area contributed by atoms with Gasteiger partial charge in [0.2, 0.25) is 0 Å². The highest BCUT2D eigenvalue weighted by atomic mass is 35.5. The van der Waals surface area contributed by atoms with Crippen molar-refractivity contribution in [2.75, 3.05) is 32.7 Å². The molecule has 1 aromatic heterocycles. The fraction of sp³-hybridized carbons (Fsp3) is 0.318. The van der Waals surface area contributed by atoms with E-state index in [-0.39, 0.29) is 11.2 Å². The van der Waals surface area contributed by atoms with E-state index in [4.69, 9.17) is 16.0 Å². The summed E-state index contributed by atoms with van der Waals surface area (Å²) in [6.07, 6.45) is 1.46. The van der Waals surface area contributed by atoms with Crippen LogP contribution in [0.1, 0.15) is 12.5 Å². The highest BCUT2D eigenvalue weighted by molar-refractivity contribution is 6.31. The lowest BCUT2D eigenvalue weighted by Gasteiger charge is -2.34. The molecule has 6 heteroatoms. The quantitative estimate of drug-likeness (QED) is 0.721. The molecule has 1 saturated heterocycles. The fourth-order valence-corrected chi connectivity index (χ4v) is 3.86. The number of rotatable bonds is 4. The van der Waals surface area contributed by atoms with E-state index < -0.39 is 0 Å². The van der Waals surface area contributed by atoms with Crippen molar-refractivity contribution >= 4 is 22.6 Å². The molecule has 1 N–H and O–H groups in total. The summed E-state index contributed by atoms with van der Waals surface area (Å²) in [6, 6.07) is 10.2. The van der Waals surface area contributed by atoms with Gasteiger partial charge in [0.1, 0.15) is 17.6 Å². The molecule has 2 heterocycles. The van der Waals surface area contributed by atoms with Crippen molar-refractivity contribution in [3.05, 3.63) is 63.5 Å². The van der Waals surface area contributed by atoms with Crippen LogP contribution in [-0.2, 0) is 6.54 Å². The smallest absolute Gasteiger partial charge is 0.200 e. The molecule has 4 rings (SSSR count). The Morgan fingerprint density at radius 1 is 1.07 bits per heavy atom. The van der Waals surface area contributed by atoms with Gasteiger partial charge in [0.25, 0.3) is 0 Å². The molecule has 0 amide bonds. The average Bonchev–Trinajstić information content (AvgIpc) is 2.70. The summed E-state index contributed by atoms with van der Waals surface area (Å²) in [5.74, 6) is 0.0698. The summed E-state index contributed by atoms with van der Waals surface area (Å²) in [4.78, 5) is 17.7. The summed E-state index contributed by atoms with van der Waals surface area (Å²) >= 11 is 6.44. The standard InChI is InChI=1S/C22H23ClN2O3/c1-2-24-7-9-25(10-8-24)13-16-11-15(3-6-20(16)23)19-14-28-21-12-17(26)4-5-18(21)22(19)27/h3-6,11-12,14,26H,2,7-10,13H2,1H3. The third-order valence-electron chi connectivity index (χ3n) is 5.42. The zero-order valence-corrected chi connectivity index (χ0v) is 16.6. The van der Waals surface area contributed by atoms with Gasteiger partial charge in [-0.25, -0.2) is 0 Å². The second-order valence-corrected chi connectivity index (χ2v) is 7.58. The van der Waals surface area contributed by atoms with Gasteiger partial charge in [-0.2, -0.15) is 0 Å². The lowest BCUT2D eigenvalue weighted by molar-refractivity contribution is 0.132. The van der Waals surface area contributed by atoms with Crippen LogP contribution in [-0.4, -0.2) is 47.6 Å². The van der Waals surface area contributed by atoms with E-state index in [0.717, 1.165) is 50.4 Å². The molecule has 0 saturated carbocycles. The van der Waals surface area contributed by atoms with Crippen LogP contribution < -0.4 is 5.43 Å². The second kappa shape index (κ2) is 7.95. The van der Waals surface area contributed by atoms with E-state index in [1.165, 1.54) is 18.4 Å². The Morgan fingerprint density at radius 2 is 1.82 bits per heavy atom. The molecule has 1 fully saturated rings. The Labute approximate surface area is 168 Å². The largest absolute Gasteiger partial charge is 0.508 e. The van der Waals surface area contributed by atoms with Gasteiger partial charge in [-0.05, 0) is 41.9 Å². The van der Waals surface area contributed by atoms with E-state index in [9.17, 15) is 9.90 Å². The van der Waals surface area contributed by atoms with E-state index in [0.29, 0.717) is 21.6 Å². The molecule has 2 aromatic carbocycles. The first kappa shape index (κ1) is 19.0. The van der Waals surface area contributed by atoms with Crippen LogP contribution in [0.2, 0.25) is 5.02 Å². The molecule has 0 unspecified atom stereocenters. The molecule has 5 nitrogen and oxygen atoms in total. The predicted octanol–water partition coefficient (Wildman–Crippen LogP) is 3.96. The molecule has 0 bridgehead atoms. The number of fused-ring (bicyclic) bond motifs is 1. The summed E-state index contributed by atoms with van der Waals surface area (Å²) in [5, 5.41) is 10.7. The van der Waals surface area contributed by atoms with Crippen molar-refractivity contribution in [3.8, 4) is 16.9 Å². The Bertz CT molecular complexity index is 1060. The van der Waals surface area contributed by atoms with Crippen LogP contribution >= 0.6 is 11.6 Å². The highest BCUT2D eigenvalue weighted by Gasteiger charge is 2.17. The molecule has 1 aliphatic rings. The van der Waals surface area contributed by atoms with Crippen molar-refractivity contribution in [3.63, 3.8) is 0 Å². The van der Waals surface area contributed by atoms with Crippen molar-refractivity contribution in [1.82, 2.24) is 9.80 Å². The summed E-state index contributed by atoms with van der Waals surface area (Å²) in [6.45, 7) is 8.18. The molecule has 0 radical (unpaired) electrons. The van der Waals surface area contributed by atoms with Gasteiger partial charge in [0.15, 0.2) is 5.43 Å². The van der Waals surface area contributed by atoms with Crippen LogP contribution in [0.5, 0.6) is 5.75 Å². The first-order valence-corrected chi connectivity index (χ1v) is 9.91. The average molecular weight is 399 g/mol. The minimum absolute atomic E-state index is 0.0698. The number of nitrogens with zero attached hydrogens (tertiary/aromatic N) is 2. The van der Waals surface area contributed by atoms with E-state index >= 15 is 0 Å². The molecule has 0 aliphatic carbocycles. The topological polar surface area (TPSA) is 56.9 Å². The summed E-state index contributed by atoms with van der Waals surface area (Å²) < 4.78 is 5.59. The Morgan fingerprint density at radius 3 is 2.57 bits per heavy atom. The van der Waals surface area contributed by atoms with Crippen molar-refractivity contribution in [1.29, 1.82) is 0 Å². The van der Waals surface area contributed by atoms with Gasteiger partial charge in [-0.3, -0.25) is 9.69 Å². The van der Waals surface area contributed by atoms with E-state index in [2.05, 4.69) is 16.7 Å². The number of phenols is 1. The number of aromatic hydroxyl groups is 1. The fourth-order valence-electron chi connectivity index (χ4n) is 3.68. The number of hydrogen-bond acceptors (Lipinski definition) is 5. The normalized spacial score (nSPS) is 15.9. The molecular weight excluding hydrogens is 376 g/mol. The Balaban J connectivity index is 1.64. The van der Waals surface area contributed by atoms with Crippen molar-refractivity contribution < 1.29 is 9.52 Å². The molecule has 0 spiro atoms. The molecular formula is C22H23ClN2O3. The van der Waals surface area contributed by atoms with E-state index in [1.807, 2.05) is 18.2 Å². The van der Waals surface area contributed by atoms with Gasteiger partial charge < -0.3 is 14.4 Å². The number of phenolic OH excluding ortho intramolecular Hbond substituents is 1. The van der Waals surface area contributed by atoms with Crippen LogP contribution in [0.15, 0.2) is 51.9 Å². The zero-order chi connectivity index (χ0) is 19.7. The molecule has 146 valence electrons. The van der Waals surface area contributed by atoms with Crippen LogP contribution in [0, 0.1) is 0 Å². The minimum atomic E-state index is -0.119. The number of halogens is 1. The van der Waals surface area contributed by atoms with Gasteiger partial charge in [-0.15, -0.1) is 0 Å². The molecule has 1 aliphatic heterocycles. The first-order valence-electron chi connectivity index (χ1n) is 9.53. The number of piperazine rings is 1. The third-order valence-corrected chi connectivity index (χ3v) is 5.79. The maximum Gasteiger partial charge on any atom is 0.200 e. The SMILES string of the molecule is CCN1CCN(Cc2cc(-c3coc4cc(O)ccc4c3=O)ccc2Cl)CC1. The Hall–Kier alpha value is -2.34. The maximum atomic E-state index is 12.9.